The second-order valence-electron chi connectivity index (χ2n) is 6.36. The highest BCUT2D eigenvalue weighted by Crippen LogP contribution is 2.39. The molecule has 24 heavy (non-hydrogen) atoms. The van der Waals surface area contributed by atoms with Crippen LogP contribution in [0.5, 0.6) is 0 Å². The lowest BCUT2D eigenvalue weighted by Gasteiger charge is -2.29. The molecule has 2 aliphatic rings. The Balaban J connectivity index is 1.80. The van der Waals surface area contributed by atoms with Crippen LogP contribution in [-0.4, -0.2) is 36.6 Å². The highest BCUT2D eigenvalue weighted by atomic mass is 32.2. The van der Waals surface area contributed by atoms with Crippen LogP contribution in [0, 0.1) is 17.2 Å². The average molecular weight is 347 g/mol. The third-order valence-corrected chi connectivity index (χ3v) is 6.10. The van der Waals surface area contributed by atoms with Gasteiger partial charge in [0.1, 0.15) is 12.1 Å². The number of nitrogens with one attached hydrogen (secondary N) is 1. The Morgan fingerprint density at radius 3 is 2.71 bits per heavy atom. The van der Waals surface area contributed by atoms with Crippen LogP contribution in [0.25, 0.3) is 0 Å². The Kier molecular flexibility index (Phi) is 3.84. The van der Waals surface area contributed by atoms with Gasteiger partial charge in [0.2, 0.25) is 15.9 Å². The second-order valence-corrected chi connectivity index (χ2v) is 8.26. The topological polar surface area (TPSA) is 107 Å². The molecule has 0 saturated heterocycles. The molecule has 0 unspecified atom stereocenters. The van der Waals surface area contributed by atoms with Crippen molar-refractivity contribution in [1.29, 1.82) is 5.26 Å². The molecule has 1 aromatic rings. The smallest absolute Gasteiger partial charge is 0.268 e. The van der Waals surface area contributed by atoms with Crippen molar-refractivity contribution in [2.45, 2.75) is 31.1 Å². The van der Waals surface area contributed by atoms with Crippen molar-refractivity contribution in [2.75, 3.05) is 6.54 Å². The minimum Gasteiger partial charge on any atom is -0.336 e. The van der Waals surface area contributed by atoms with Crippen molar-refractivity contribution < 1.29 is 18.0 Å². The predicted octanol–water partition coefficient (Wildman–Crippen LogP) is 0.781. The fourth-order valence-corrected chi connectivity index (χ4v) is 4.37. The number of nitriles is 1. The summed E-state index contributed by atoms with van der Waals surface area (Å²) in [4.78, 5) is 24.7. The van der Waals surface area contributed by atoms with Gasteiger partial charge in [0, 0.05) is 5.56 Å². The predicted molar refractivity (Wildman–Crippen MR) is 85.0 cm³/mol. The van der Waals surface area contributed by atoms with E-state index in [0.29, 0.717) is 9.87 Å². The summed E-state index contributed by atoms with van der Waals surface area (Å²) >= 11 is 0. The summed E-state index contributed by atoms with van der Waals surface area (Å²) in [5, 5.41) is 11.8. The Labute approximate surface area is 140 Å². The van der Waals surface area contributed by atoms with E-state index in [2.05, 4.69) is 11.4 Å². The highest BCUT2D eigenvalue weighted by molar-refractivity contribution is 7.89. The molecule has 1 N–H and O–H groups in total. The van der Waals surface area contributed by atoms with Crippen molar-refractivity contribution >= 4 is 21.8 Å². The van der Waals surface area contributed by atoms with Crippen LogP contribution in [-0.2, 0) is 20.6 Å². The Morgan fingerprint density at radius 1 is 1.42 bits per heavy atom. The van der Waals surface area contributed by atoms with E-state index in [1.165, 1.54) is 0 Å². The second kappa shape index (κ2) is 5.60. The van der Waals surface area contributed by atoms with Crippen LogP contribution in [0.1, 0.15) is 35.7 Å². The van der Waals surface area contributed by atoms with E-state index in [-0.39, 0.29) is 17.2 Å². The standard InChI is InChI=1S/C16H17N3O4S/c1-16(10-17,12-6-7-12)18-14(20)8-19-15(21)13-5-3-2-4-11(13)9-24(19,22)23/h2-5,12H,6-9H2,1H3,(H,18,20)/t16-/m0/s1. The lowest BCUT2D eigenvalue weighted by molar-refractivity contribution is -0.122. The first kappa shape index (κ1) is 16.5. The molecule has 3 rings (SSSR count). The van der Waals surface area contributed by atoms with E-state index in [0.717, 1.165) is 12.8 Å². The van der Waals surface area contributed by atoms with E-state index in [9.17, 15) is 23.3 Å². The van der Waals surface area contributed by atoms with E-state index >= 15 is 0 Å². The maximum Gasteiger partial charge on any atom is 0.268 e. The molecule has 1 aliphatic carbocycles. The third-order valence-electron chi connectivity index (χ3n) is 4.46. The lowest BCUT2D eigenvalue weighted by atomic mass is 9.98. The summed E-state index contributed by atoms with van der Waals surface area (Å²) in [7, 11) is -3.91. The third kappa shape index (κ3) is 2.87. The van der Waals surface area contributed by atoms with Gasteiger partial charge < -0.3 is 5.32 Å². The minimum atomic E-state index is -3.91. The van der Waals surface area contributed by atoms with E-state index in [4.69, 9.17) is 0 Å². The van der Waals surface area contributed by atoms with Gasteiger partial charge >= 0.3 is 0 Å². The fraction of sp³-hybridized carbons (Fsp3) is 0.438. The highest BCUT2D eigenvalue weighted by Gasteiger charge is 2.44. The summed E-state index contributed by atoms with van der Waals surface area (Å²) < 4.78 is 25.3. The van der Waals surface area contributed by atoms with Gasteiger partial charge in [0.05, 0.1) is 11.8 Å². The number of nitrogens with zero attached hydrogens (tertiary/aromatic N) is 2. The van der Waals surface area contributed by atoms with Gasteiger partial charge in [0.25, 0.3) is 5.91 Å². The fourth-order valence-electron chi connectivity index (χ4n) is 2.90. The zero-order valence-electron chi connectivity index (χ0n) is 13.2. The van der Waals surface area contributed by atoms with Crippen molar-refractivity contribution in [3.63, 3.8) is 0 Å². The lowest BCUT2D eigenvalue weighted by Crippen LogP contribution is -2.53. The number of carbonyl (C=O) groups excluding carboxylic acids is 2. The quantitative estimate of drug-likeness (QED) is 0.866. The molecular formula is C16H17N3O4S. The molecule has 2 amide bonds. The molecule has 1 fully saturated rings. The molecule has 1 saturated carbocycles. The van der Waals surface area contributed by atoms with Crippen molar-refractivity contribution in [1.82, 2.24) is 9.62 Å². The van der Waals surface area contributed by atoms with Gasteiger partial charge in [-0.15, -0.1) is 0 Å². The summed E-state index contributed by atoms with van der Waals surface area (Å²) in [6, 6.07) is 8.51. The van der Waals surface area contributed by atoms with Crippen LogP contribution in [0.2, 0.25) is 0 Å². The van der Waals surface area contributed by atoms with Gasteiger partial charge in [-0.25, -0.2) is 12.7 Å². The molecular weight excluding hydrogens is 330 g/mol. The first-order chi connectivity index (χ1) is 11.3. The Morgan fingerprint density at radius 2 is 2.08 bits per heavy atom. The molecule has 1 aromatic carbocycles. The average Bonchev–Trinajstić information content (AvgIpc) is 3.36. The van der Waals surface area contributed by atoms with Crippen LogP contribution in [0.3, 0.4) is 0 Å². The summed E-state index contributed by atoms with van der Waals surface area (Å²) in [6.45, 7) is 1.00. The van der Waals surface area contributed by atoms with Gasteiger partial charge in [-0.1, -0.05) is 18.2 Å². The Bertz CT molecular complexity index is 854. The molecule has 8 heteroatoms. The maximum atomic E-state index is 12.5. The number of sulfonamides is 1. The first-order valence-electron chi connectivity index (χ1n) is 7.62. The zero-order chi connectivity index (χ0) is 17.5. The van der Waals surface area contributed by atoms with Crippen LogP contribution in [0.4, 0.5) is 0 Å². The first-order valence-corrected chi connectivity index (χ1v) is 9.23. The monoisotopic (exact) mass is 347 g/mol. The van der Waals surface area contributed by atoms with Gasteiger partial charge in [-0.2, -0.15) is 5.26 Å². The number of carbonyl (C=O) groups is 2. The summed E-state index contributed by atoms with van der Waals surface area (Å²) in [5.41, 5.74) is -0.318. The molecule has 126 valence electrons. The molecule has 1 aliphatic heterocycles. The summed E-state index contributed by atoms with van der Waals surface area (Å²) in [6.07, 6.45) is 1.69. The molecule has 1 atom stereocenters. The summed E-state index contributed by atoms with van der Waals surface area (Å²) in [5.74, 6) is -1.61. The van der Waals surface area contributed by atoms with Crippen LogP contribution in [0.15, 0.2) is 24.3 Å². The molecule has 7 nitrogen and oxygen atoms in total. The van der Waals surface area contributed by atoms with Gasteiger partial charge in [-0.05, 0) is 37.3 Å². The molecule has 1 heterocycles. The SMILES string of the molecule is C[C@@](C#N)(NC(=O)CN1C(=O)c2ccccc2CS1(=O)=O)C1CC1. The molecule has 0 radical (unpaired) electrons. The number of hydrogen-bond acceptors (Lipinski definition) is 5. The van der Waals surface area contributed by atoms with Crippen LogP contribution >= 0.6 is 0 Å². The van der Waals surface area contributed by atoms with Crippen molar-refractivity contribution in [2.24, 2.45) is 5.92 Å². The van der Waals surface area contributed by atoms with E-state index in [1.807, 2.05) is 0 Å². The Hall–Kier alpha value is -2.40. The maximum absolute atomic E-state index is 12.5. The number of hydrogen-bond donors (Lipinski definition) is 1. The number of amides is 2. The van der Waals surface area contributed by atoms with Crippen LogP contribution < -0.4 is 5.32 Å². The largest absolute Gasteiger partial charge is 0.336 e. The number of rotatable bonds is 4. The molecule has 0 bridgehead atoms. The van der Waals surface area contributed by atoms with Gasteiger partial charge in [0.15, 0.2) is 0 Å². The normalized spacial score (nSPS) is 21.3. The molecule has 0 spiro atoms. The molecule has 0 aromatic heterocycles. The minimum absolute atomic E-state index is 0.0702. The van der Waals surface area contributed by atoms with E-state index < -0.39 is 33.9 Å². The number of benzene rings is 1. The number of fused-ring (bicyclic) bond motifs is 1. The van der Waals surface area contributed by atoms with Crippen molar-refractivity contribution in [3.8, 4) is 6.07 Å². The van der Waals surface area contributed by atoms with E-state index in [1.54, 1.807) is 31.2 Å². The van der Waals surface area contributed by atoms with Crippen molar-refractivity contribution in [3.05, 3.63) is 35.4 Å². The zero-order valence-corrected chi connectivity index (χ0v) is 14.0. The van der Waals surface area contributed by atoms with Gasteiger partial charge in [-0.3, -0.25) is 9.59 Å².